The van der Waals surface area contributed by atoms with Crippen LogP contribution in [0.3, 0.4) is 0 Å². The number of carbonyl (C=O) groups excluding carboxylic acids is 1. The van der Waals surface area contributed by atoms with E-state index in [0.29, 0.717) is 5.75 Å². The lowest BCUT2D eigenvalue weighted by Crippen LogP contribution is -2.21. The quantitative estimate of drug-likeness (QED) is 0.0740. The third-order valence-corrected chi connectivity index (χ3v) is 8.12. The van der Waals surface area contributed by atoms with E-state index in [2.05, 4.69) is 13.8 Å². The highest BCUT2D eigenvalue weighted by atomic mass is 16.5. The van der Waals surface area contributed by atoms with Gasteiger partial charge in [0.25, 0.3) is 0 Å². The maximum absolute atomic E-state index is 13.5. The van der Waals surface area contributed by atoms with Gasteiger partial charge in [-0.3, -0.25) is 4.79 Å². The van der Waals surface area contributed by atoms with Crippen LogP contribution in [0, 0.1) is 5.92 Å². The highest BCUT2D eigenvalue weighted by Gasteiger charge is 2.21. The van der Waals surface area contributed by atoms with Crippen molar-refractivity contribution in [2.45, 2.75) is 142 Å². The number of unbranched alkanes of at least 4 members (excludes halogenated alkanes) is 16. The lowest BCUT2D eigenvalue weighted by atomic mass is 9.94. The summed E-state index contributed by atoms with van der Waals surface area (Å²) in [5, 5.41) is 0. The summed E-state index contributed by atoms with van der Waals surface area (Å²) in [5.74, 6) is 1.36. The number of hydrogen-bond donors (Lipinski definition) is 0. The van der Waals surface area contributed by atoms with Crippen LogP contribution in [0.4, 0.5) is 0 Å². The topological polar surface area (TPSA) is 35.5 Å². The van der Waals surface area contributed by atoms with Crippen molar-refractivity contribution in [1.29, 1.82) is 0 Å². The van der Waals surface area contributed by atoms with Crippen LogP contribution >= 0.6 is 0 Å². The van der Waals surface area contributed by atoms with Crippen molar-refractivity contribution in [3.05, 3.63) is 48.5 Å². The van der Waals surface area contributed by atoms with E-state index in [1.54, 1.807) is 7.11 Å². The minimum absolute atomic E-state index is 0.0208. The third-order valence-electron chi connectivity index (χ3n) is 8.12. The van der Waals surface area contributed by atoms with Gasteiger partial charge in [0.1, 0.15) is 11.5 Å². The van der Waals surface area contributed by atoms with Crippen molar-refractivity contribution in [1.82, 2.24) is 0 Å². The zero-order valence-electron chi connectivity index (χ0n) is 26.1. The number of para-hydroxylation sites is 1. The second-order valence-electron chi connectivity index (χ2n) is 11.6. The standard InChI is InChI=1S/C37H58O3/c1-4-6-8-10-12-14-15-17-19-21-26-32(25-20-18-16-13-11-9-7-5-2)37(38)40-36-30-23-22-29-35(36)33-27-24-28-34(31-33)39-3/h22-24,27-32H,4-21,25-26H2,1-3H3. The van der Waals surface area contributed by atoms with E-state index in [-0.39, 0.29) is 11.9 Å². The SMILES string of the molecule is CCCCCCCCCCCCC(CCCCCCCCCC)C(=O)Oc1ccccc1-c1cccc(OC)c1. The summed E-state index contributed by atoms with van der Waals surface area (Å²) in [4.78, 5) is 13.5. The van der Waals surface area contributed by atoms with Crippen molar-refractivity contribution in [2.75, 3.05) is 7.11 Å². The van der Waals surface area contributed by atoms with E-state index < -0.39 is 0 Å². The second-order valence-corrected chi connectivity index (χ2v) is 11.6. The minimum Gasteiger partial charge on any atom is -0.497 e. The van der Waals surface area contributed by atoms with E-state index >= 15 is 0 Å². The molecule has 2 aromatic carbocycles. The van der Waals surface area contributed by atoms with Gasteiger partial charge in [0.15, 0.2) is 0 Å². The molecule has 0 radical (unpaired) electrons. The summed E-state index contributed by atoms with van der Waals surface area (Å²) in [5.41, 5.74) is 1.93. The fraction of sp³-hybridized carbons (Fsp3) is 0.649. The molecule has 0 amide bonds. The summed E-state index contributed by atoms with van der Waals surface area (Å²) < 4.78 is 11.5. The molecule has 1 unspecified atom stereocenters. The lowest BCUT2D eigenvalue weighted by molar-refractivity contribution is -0.139. The van der Waals surface area contributed by atoms with Gasteiger partial charge in [-0.2, -0.15) is 0 Å². The summed E-state index contributed by atoms with van der Waals surface area (Å²) in [7, 11) is 1.68. The Morgan fingerprint density at radius 3 is 1.65 bits per heavy atom. The monoisotopic (exact) mass is 550 g/mol. The minimum atomic E-state index is -0.0609. The predicted molar refractivity (Wildman–Crippen MR) is 171 cm³/mol. The van der Waals surface area contributed by atoms with Gasteiger partial charge in [0.05, 0.1) is 13.0 Å². The molecule has 0 N–H and O–H groups in total. The first-order chi connectivity index (χ1) is 19.7. The Bertz CT molecular complexity index is 906. The van der Waals surface area contributed by atoms with Gasteiger partial charge in [0, 0.05) is 5.56 Å². The molecule has 0 heterocycles. The fourth-order valence-electron chi connectivity index (χ4n) is 5.56. The van der Waals surface area contributed by atoms with E-state index in [1.807, 2.05) is 48.5 Å². The Morgan fingerprint density at radius 1 is 0.625 bits per heavy atom. The largest absolute Gasteiger partial charge is 0.497 e. The second kappa shape index (κ2) is 22.4. The van der Waals surface area contributed by atoms with E-state index in [9.17, 15) is 4.79 Å². The molecular weight excluding hydrogens is 492 g/mol. The molecule has 0 saturated carbocycles. The number of rotatable bonds is 24. The van der Waals surface area contributed by atoms with E-state index in [1.165, 1.54) is 103 Å². The zero-order valence-corrected chi connectivity index (χ0v) is 26.1. The van der Waals surface area contributed by atoms with Gasteiger partial charge in [-0.25, -0.2) is 0 Å². The molecule has 0 aliphatic heterocycles. The Balaban J connectivity index is 1.89. The molecule has 0 aliphatic carbocycles. The first-order valence-electron chi connectivity index (χ1n) is 16.6. The molecule has 0 aromatic heterocycles. The molecule has 2 aromatic rings. The van der Waals surface area contributed by atoms with Gasteiger partial charge in [-0.15, -0.1) is 0 Å². The van der Waals surface area contributed by atoms with Crippen LogP contribution in [0.1, 0.15) is 142 Å². The molecule has 0 spiro atoms. The average molecular weight is 551 g/mol. The van der Waals surface area contributed by atoms with E-state index in [4.69, 9.17) is 9.47 Å². The highest BCUT2D eigenvalue weighted by molar-refractivity contribution is 5.79. The van der Waals surface area contributed by atoms with Crippen LogP contribution in [-0.2, 0) is 4.79 Å². The number of methoxy groups -OCH3 is 1. The van der Waals surface area contributed by atoms with Crippen LogP contribution < -0.4 is 9.47 Å². The Morgan fingerprint density at radius 2 is 1.12 bits per heavy atom. The molecular formula is C37H58O3. The molecule has 0 fully saturated rings. The number of esters is 1. The van der Waals surface area contributed by atoms with Crippen LogP contribution in [-0.4, -0.2) is 13.1 Å². The smallest absolute Gasteiger partial charge is 0.314 e. The van der Waals surface area contributed by atoms with Crippen molar-refractivity contribution in [2.24, 2.45) is 5.92 Å². The molecule has 40 heavy (non-hydrogen) atoms. The zero-order chi connectivity index (χ0) is 28.7. The summed E-state index contributed by atoms with van der Waals surface area (Å²) in [6.45, 7) is 4.54. The van der Waals surface area contributed by atoms with Crippen LogP contribution in [0.2, 0.25) is 0 Å². The van der Waals surface area contributed by atoms with Crippen molar-refractivity contribution in [3.8, 4) is 22.6 Å². The van der Waals surface area contributed by atoms with Gasteiger partial charge >= 0.3 is 5.97 Å². The highest BCUT2D eigenvalue weighted by Crippen LogP contribution is 2.33. The number of ether oxygens (including phenoxy) is 2. The fourth-order valence-corrected chi connectivity index (χ4v) is 5.56. The molecule has 0 saturated heterocycles. The number of hydrogen-bond acceptors (Lipinski definition) is 3. The molecule has 3 heteroatoms. The number of benzene rings is 2. The molecule has 0 aliphatic rings. The number of carbonyl (C=O) groups is 1. The van der Waals surface area contributed by atoms with E-state index in [0.717, 1.165) is 42.6 Å². The van der Waals surface area contributed by atoms with Gasteiger partial charge in [0.2, 0.25) is 0 Å². The Labute approximate surface area is 246 Å². The van der Waals surface area contributed by atoms with Crippen LogP contribution in [0.5, 0.6) is 11.5 Å². The van der Waals surface area contributed by atoms with Crippen LogP contribution in [0.25, 0.3) is 11.1 Å². The first-order valence-corrected chi connectivity index (χ1v) is 16.6. The molecule has 1 atom stereocenters. The Hall–Kier alpha value is -2.29. The Kier molecular flexibility index (Phi) is 19.0. The van der Waals surface area contributed by atoms with Crippen molar-refractivity contribution >= 4 is 5.97 Å². The summed E-state index contributed by atoms with van der Waals surface area (Å²) in [6, 6.07) is 15.8. The summed E-state index contributed by atoms with van der Waals surface area (Å²) >= 11 is 0. The molecule has 2 rings (SSSR count). The van der Waals surface area contributed by atoms with Crippen LogP contribution in [0.15, 0.2) is 48.5 Å². The molecule has 224 valence electrons. The molecule has 3 nitrogen and oxygen atoms in total. The van der Waals surface area contributed by atoms with Crippen molar-refractivity contribution < 1.29 is 14.3 Å². The normalized spacial score (nSPS) is 11.9. The lowest BCUT2D eigenvalue weighted by Gasteiger charge is -2.18. The molecule has 0 bridgehead atoms. The summed E-state index contributed by atoms with van der Waals surface area (Å²) in [6.07, 6.45) is 25.3. The predicted octanol–water partition coefficient (Wildman–Crippen LogP) is 11.7. The van der Waals surface area contributed by atoms with Crippen molar-refractivity contribution in [3.63, 3.8) is 0 Å². The van der Waals surface area contributed by atoms with Gasteiger partial charge < -0.3 is 9.47 Å². The first kappa shape index (κ1) is 33.9. The van der Waals surface area contributed by atoms with Gasteiger partial charge in [-0.1, -0.05) is 160 Å². The van der Waals surface area contributed by atoms with Gasteiger partial charge in [-0.05, 0) is 36.6 Å². The maximum Gasteiger partial charge on any atom is 0.314 e. The average Bonchev–Trinajstić information content (AvgIpc) is 2.98. The maximum atomic E-state index is 13.5. The third kappa shape index (κ3) is 14.4.